The molecule has 0 aliphatic carbocycles. The standard InChI is InChI=1S/C16H13N5O3/c1-20-15-13(9-19-20)16(23)21(10-18-15)7-6-14(22)24-12-4-2-11(8-17)3-5-12/h2-5,9-10H,6-7H2,1H3. The van der Waals surface area contributed by atoms with Gasteiger partial charge in [-0.05, 0) is 24.3 Å². The number of benzene rings is 1. The van der Waals surface area contributed by atoms with Crippen LogP contribution in [0.1, 0.15) is 12.0 Å². The molecule has 0 aliphatic rings. The first-order chi connectivity index (χ1) is 11.6. The van der Waals surface area contributed by atoms with Crippen LogP contribution in [-0.2, 0) is 18.4 Å². The van der Waals surface area contributed by atoms with Gasteiger partial charge in [-0.3, -0.25) is 18.8 Å². The molecule has 0 fully saturated rings. The lowest BCUT2D eigenvalue weighted by Gasteiger charge is -2.06. The third-order valence-corrected chi connectivity index (χ3v) is 3.49. The Balaban J connectivity index is 1.67. The molecule has 0 aliphatic heterocycles. The van der Waals surface area contributed by atoms with Gasteiger partial charge in [0, 0.05) is 13.6 Å². The first-order valence-electron chi connectivity index (χ1n) is 7.16. The molecule has 0 radical (unpaired) electrons. The number of nitriles is 1. The van der Waals surface area contributed by atoms with Crippen LogP contribution in [0.3, 0.4) is 0 Å². The maximum atomic E-state index is 12.3. The topological polar surface area (TPSA) is 103 Å². The molecule has 24 heavy (non-hydrogen) atoms. The van der Waals surface area contributed by atoms with Crippen LogP contribution in [0.5, 0.6) is 5.75 Å². The minimum absolute atomic E-state index is 0.0212. The van der Waals surface area contributed by atoms with Crippen molar-refractivity contribution in [2.45, 2.75) is 13.0 Å². The Morgan fingerprint density at radius 2 is 2.08 bits per heavy atom. The summed E-state index contributed by atoms with van der Waals surface area (Å²) in [6, 6.07) is 8.21. The van der Waals surface area contributed by atoms with E-state index in [9.17, 15) is 9.59 Å². The van der Waals surface area contributed by atoms with E-state index in [1.165, 1.54) is 21.8 Å². The maximum absolute atomic E-state index is 12.3. The van der Waals surface area contributed by atoms with Crippen LogP contribution in [0.15, 0.2) is 41.6 Å². The predicted molar refractivity (Wildman–Crippen MR) is 84.2 cm³/mol. The van der Waals surface area contributed by atoms with E-state index in [0.717, 1.165) is 0 Å². The van der Waals surface area contributed by atoms with Crippen molar-refractivity contribution in [3.05, 3.63) is 52.7 Å². The number of aromatic nitrogens is 4. The molecule has 8 nitrogen and oxygen atoms in total. The molecule has 120 valence electrons. The van der Waals surface area contributed by atoms with Crippen molar-refractivity contribution in [3.8, 4) is 11.8 Å². The van der Waals surface area contributed by atoms with Crippen LogP contribution >= 0.6 is 0 Å². The number of rotatable bonds is 4. The van der Waals surface area contributed by atoms with Gasteiger partial charge in [0.25, 0.3) is 5.56 Å². The number of esters is 1. The number of carbonyl (C=O) groups excluding carboxylic acids is 1. The van der Waals surface area contributed by atoms with E-state index in [-0.39, 0.29) is 18.5 Å². The number of fused-ring (bicyclic) bond motifs is 1. The predicted octanol–water partition coefficient (Wildman–Crippen LogP) is 0.997. The highest BCUT2D eigenvalue weighted by molar-refractivity contribution is 5.73. The summed E-state index contributed by atoms with van der Waals surface area (Å²) in [5.41, 5.74) is 0.730. The van der Waals surface area contributed by atoms with Crippen LogP contribution < -0.4 is 10.3 Å². The summed E-state index contributed by atoms with van der Waals surface area (Å²) in [4.78, 5) is 28.3. The molecular weight excluding hydrogens is 310 g/mol. The molecule has 0 atom stereocenters. The summed E-state index contributed by atoms with van der Waals surface area (Å²) in [6.45, 7) is 0.159. The highest BCUT2D eigenvalue weighted by atomic mass is 16.5. The Labute approximate surface area is 136 Å². The van der Waals surface area contributed by atoms with Gasteiger partial charge in [-0.25, -0.2) is 4.98 Å². The summed E-state index contributed by atoms with van der Waals surface area (Å²) in [6.07, 6.45) is 2.87. The maximum Gasteiger partial charge on any atom is 0.312 e. The molecule has 1 aromatic carbocycles. The molecule has 0 unspecified atom stereocenters. The van der Waals surface area contributed by atoms with Crippen LogP contribution in [0.4, 0.5) is 0 Å². The first-order valence-corrected chi connectivity index (χ1v) is 7.16. The van der Waals surface area contributed by atoms with Gasteiger partial charge < -0.3 is 4.74 Å². The first kappa shape index (κ1) is 15.4. The molecule has 0 spiro atoms. The second kappa shape index (κ2) is 6.34. The fourth-order valence-electron chi connectivity index (χ4n) is 2.22. The molecule has 0 amide bonds. The van der Waals surface area contributed by atoms with Crippen molar-refractivity contribution in [1.82, 2.24) is 19.3 Å². The summed E-state index contributed by atoms with van der Waals surface area (Å²) in [5, 5.41) is 13.1. The van der Waals surface area contributed by atoms with Gasteiger partial charge in [0.1, 0.15) is 11.1 Å². The quantitative estimate of drug-likeness (QED) is 0.524. The lowest BCUT2D eigenvalue weighted by Crippen LogP contribution is -2.23. The number of hydrogen-bond donors (Lipinski definition) is 0. The number of nitrogens with zero attached hydrogens (tertiary/aromatic N) is 5. The van der Waals surface area contributed by atoms with E-state index in [2.05, 4.69) is 10.1 Å². The molecular formula is C16H13N5O3. The summed E-state index contributed by atoms with van der Waals surface area (Å²) >= 11 is 0. The number of aryl methyl sites for hydroxylation is 2. The fourth-order valence-corrected chi connectivity index (χ4v) is 2.22. The van der Waals surface area contributed by atoms with Crippen LogP contribution in [-0.4, -0.2) is 25.3 Å². The van der Waals surface area contributed by atoms with Crippen LogP contribution in [0, 0.1) is 11.3 Å². The van der Waals surface area contributed by atoms with Crippen molar-refractivity contribution in [3.63, 3.8) is 0 Å². The Morgan fingerprint density at radius 1 is 1.33 bits per heavy atom. The van der Waals surface area contributed by atoms with Crippen molar-refractivity contribution < 1.29 is 9.53 Å². The van der Waals surface area contributed by atoms with E-state index >= 15 is 0 Å². The van der Waals surface area contributed by atoms with E-state index in [0.29, 0.717) is 22.3 Å². The highest BCUT2D eigenvalue weighted by Crippen LogP contribution is 2.12. The van der Waals surface area contributed by atoms with Gasteiger partial charge in [-0.15, -0.1) is 0 Å². The van der Waals surface area contributed by atoms with Gasteiger partial charge in [0.05, 0.1) is 30.6 Å². The van der Waals surface area contributed by atoms with Crippen LogP contribution in [0.25, 0.3) is 11.0 Å². The largest absolute Gasteiger partial charge is 0.426 e. The highest BCUT2D eigenvalue weighted by Gasteiger charge is 2.10. The van der Waals surface area contributed by atoms with Gasteiger partial charge in [-0.2, -0.15) is 10.4 Å². The Kier molecular flexibility index (Phi) is 4.07. The van der Waals surface area contributed by atoms with Crippen molar-refractivity contribution in [1.29, 1.82) is 5.26 Å². The van der Waals surface area contributed by atoms with E-state index < -0.39 is 5.97 Å². The Hall–Kier alpha value is -3.47. The average Bonchev–Trinajstić information content (AvgIpc) is 2.97. The number of ether oxygens (including phenoxy) is 1. The zero-order chi connectivity index (χ0) is 17.1. The van der Waals surface area contributed by atoms with E-state index in [4.69, 9.17) is 10.00 Å². The molecule has 0 bridgehead atoms. The molecule has 3 aromatic rings. The molecule has 0 N–H and O–H groups in total. The molecule has 0 saturated heterocycles. The van der Waals surface area contributed by atoms with E-state index in [1.54, 1.807) is 31.3 Å². The Bertz CT molecular complexity index is 995. The van der Waals surface area contributed by atoms with Gasteiger partial charge in [0.2, 0.25) is 0 Å². The molecule has 2 heterocycles. The minimum atomic E-state index is -0.474. The second-order valence-corrected chi connectivity index (χ2v) is 5.11. The normalized spacial score (nSPS) is 10.5. The SMILES string of the molecule is Cn1ncc2c(=O)n(CCC(=O)Oc3ccc(C#N)cc3)cnc21. The monoisotopic (exact) mass is 323 g/mol. The molecule has 2 aromatic heterocycles. The van der Waals surface area contributed by atoms with Crippen molar-refractivity contribution in [2.24, 2.45) is 7.05 Å². The molecule has 3 rings (SSSR count). The van der Waals surface area contributed by atoms with Crippen molar-refractivity contribution in [2.75, 3.05) is 0 Å². The number of carbonyl (C=O) groups is 1. The summed E-state index contributed by atoms with van der Waals surface area (Å²) in [7, 11) is 1.70. The second-order valence-electron chi connectivity index (χ2n) is 5.11. The molecule has 8 heteroatoms. The zero-order valence-corrected chi connectivity index (χ0v) is 12.8. The lowest BCUT2D eigenvalue weighted by molar-refractivity contribution is -0.134. The summed E-state index contributed by atoms with van der Waals surface area (Å²) < 4.78 is 8.03. The zero-order valence-electron chi connectivity index (χ0n) is 12.8. The van der Waals surface area contributed by atoms with Gasteiger partial charge in [-0.1, -0.05) is 0 Å². The van der Waals surface area contributed by atoms with Crippen molar-refractivity contribution >= 4 is 17.0 Å². The third kappa shape index (κ3) is 3.01. The van der Waals surface area contributed by atoms with Gasteiger partial charge >= 0.3 is 5.97 Å². The smallest absolute Gasteiger partial charge is 0.312 e. The molecule has 0 saturated carbocycles. The minimum Gasteiger partial charge on any atom is -0.426 e. The third-order valence-electron chi connectivity index (χ3n) is 3.49. The van der Waals surface area contributed by atoms with E-state index in [1.807, 2.05) is 6.07 Å². The lowest BCUT2D eigenvalue weighted by atomic mass is 10.2. The van der Waals surface area contributed by atoms with Crippen LogP contribution in [0.2, 0.25) is 0 Å². The van der Waals surface area contributed by atoms with Gasteiger partial charge in [0.15, 0.2) is 5.65 Å². The summed E-state index contributed by atoms with van der Waals surface area (Å²) in [5.74, 6) is -0.120. The fraction of sp³-hybridized carbons (Fsp3) is 0.188. The number of hydrogen-bond acceptors (Lipinski definition) is 6. The Morgan fingerprint density at radius 3 is 2.79 bits per heavy atom. The average molecular weight is 323 g/mol.